The van der Waals surface area contributed by atoms with Crippen LogP contribution >= 0.6 is 27.7 Å². The second kappa shape index (κ2) is 14.2. The molecule has 1 heterocycles. The molecule has 0 spiro atoms. The van der Waals surface area contributed by atoms with Crippen LogP contribution in [0.25, 0.3) is 0 Å². The van der Waals surface area contributed by atoms with Crippen molar-refractivity contribution in [1.29, 1.82) is 0 Å². The molecule has 1 aromatic heterocycles. The second-order valence-electron chi connectivity index (χ2n) is 10.2. The van der Waals surface area contributed by atoms with Crippen molar-refractivity contribution in [3.8, 4) is 5.75 Å². The van der Waals surface area contributed by atoms with Crippen molar-refractivity contribution in [2.45, 2.75) is 83.5 Å². The molecule has 3 aromatic rings. The minimum absolute atomic E-state index is 0.131. The van der Waals surface area contributed by atoms with E-state index in [1.54, 1.807) is 31.2 Å². The minimum Gasteiger partial charge on any atom is -0.485 e. The lowest BCUT2D eigenvalue weighted by Gasteiger charge is -2.25. The summed E-state index contributed by atoms with van der Waals surface area (Å²) in [4.78, 5) is 25.2. The number of ether oxygens (including phenoxy) is 2. The quantitative estimate of drug-likeness (QED) is 0.174. The first-order chi connectivity index (χ1) is 19.3. The maximum absolute atomic E-state index is 12.9. The normalized spacial score (nSPS) is 13.8. The molecule has 40 heavy (non-hydrogen) atoms. The van der Waals surface area contributed by atoms with Crippen LogP contribution in [0, 0.1) is 6.92 Å². The topological polar surface area (TPSA) is 95.3 Å². The average molecular weight is 630 g/mol. The number of carbonyl (C=O) groups excluding carboxylic acids is 2. The van der Waals surface area contributed by atoms with Gasteiger partial charge in [-0.15, -0.1) is 10.2 Å². The lowest BCUT2D eigenvalue weighted by molar-refractivity contribution is -0.113. The number of aryl methyl sites for hydroxylation is 1. The van der Waals surface area contributed by atoms with Crippen molar-refractivity contribution in [2.75, 3.05) is 17.7 Å². The summed E-state index contributed by atoms with van der Waals surface area (Å²) in [6.07, 6.45) is 5.63. The Morgan fingerprint density at radius 3 is 2.62 bits per heavy atom. The predicted molar refractivity (Wildman–Crippen MR) is 161 cm³/mol. The summed E-state index contributed by atoms with van der Waals surface area (Å²) < 4.78 is 14.7. The van der Waals surface area contributed by atoms with E-state index in [0.717, 1.165) is 52.9 Å². The van der Waals surface area contributed by atoms with Crippen molar-refractivity contribution in [1.82, 2.24) is 14.8 Å². The molecule has 1 N–H and O–H groups in total. The highest BCUT2D eigenvalue weighted by Gasteiger charge is 2.25. The van der Waals surface area contributed by atoms with E-state index in [1.807, 2.05) is 0 Å². The van der Waals surface area contributed by atoms with E-state index in [-0.39, 0.29) is 24.3 Å². The van der Waals surface area contributed by atoms with Crippen molar-refractivity contribution in [3.05, 3.63) is 63.4 Å². The van der Waals surface area contributed by atoms with Gasteiger partial charge < -0.3 is 14.8 Å². The van der Waals surface area contributed by atoms with Gasteiger partial charge in [0.1, 0.15) is 12.4 Å². The van der Waals surface area contributed by atoms with Gasteiger partial charge in [0.05, 0.1) is 23.6 Å². The molecule has 4 rings (SSSR count). The molecule has 0 saturated heterocycles. The monoisotopic (exact) mass is 628 g/mol. The fourth-order valence-corrected chi connectivity index (χ4v) is 6.08. The molecule has 2 aromatic carbocycles. The SMILES string of the molecule is CCOC(=O)c1ccccc1NC(=O)CSc1nnc(COc2cc(C)c(Br)cc2C(C)C)n1C1CCCCC1. The summed E-state index contributed by atoms with van der Waals surface area (Å²) in [5.74, 6) is 1.35. The number of anilines is 1. The van der Waals surface area contributed by atoms with Crippen LogP contribution in [0.1, 0.15) is 92.1 Å². The number of rotatable bonds is 11. The largest absolute Gasteiger partial charge is 0.485 e. The number of para-hydroxylation sites is 1. The van der Waals surface area contributed by atoms with Crippen molar-refractivity contribution in [3.63, 3.8) is 0 Å². The maximum Gasteiger partial charge on any atom is 0.340 e. The van der Waals surface area contributed by atoms with Crippen LogP contribution in [-0.2, 0) is 16.1 Å². The number of carbonyl (C=O) groups is 2. The Morgan fingerprint density at radius 2 is 1.90 bits per heavy atom. The summed E-state index contributed by atoms with van der Waals surface area (Å²) in [6, 6.07) is 11.3. The Bertz CT molecular complexity index is 1340. The molecule has 1 amide bonds. The van der Waals surface area contributed by atoms with E-state index in [0.29, 0.717) is 28.9 Å². The summed E-state index contributed by atoms with van der Waals surface area (Å²) in [5.41, 5.74) is 3.01. The minimum atomic E-state index is -0.464. The van der Waals surface area contributed by atoms with Crippen molar-refractivity contribution >= 4 is 45.3 Å². The van der Waals surface area contributed by atoms with Crippen LogP contribution in [0.15, 0.2) is 46.0 Å². The zero-order valence-corrected chi connectivity index (χ0v) is 25.9. The van der Waals surface area contributed by atoms with Crippen LogP contribution in [0.5, 0.6) is 5.75 Å². The number of hydrogen-bond donors (Lipinski definition) is 1. The van der Waals surface area contributed by atoms with Crippen molar-refractivity contribution in [2.24, 2.45) is 0 Å². The third-order valence-corrected chi connectivity index (χ3v) is 8.77. The molecule has 0 radical (unpaired) electrons. The number of nitrogens with zero attached hydrogens (tertiary/aromatic N) is 3. The number of esters is 1. The highest BCUT2D eigenvalue weighted by atomic mass is 79.9. The van der Waals surface area contributed by atoms with Gasteiger partial charge in [-0.2, -0.15) is 0 Å². The number of benzene rings is 2. The Labute approximate surface area is 248 Å². The van der Waals surface area contributed by atoms with Gasteiger partial charge in [0.15, 0.2) is 11.0 Å². The first-order valence-corrected chi connectivity index (χ1v) is 15.6. The zero-order chi connectivity index (χ0) is 28.6. The molecule has 1 aliphatic rings. The second-order valence-corrected chi connectivity index (χ2v) is 12.0. The average Bonchev–Trinajstić information content (AvgIpc) is 3.35. The van der Waals surface area contributed by atoms with E-state index in [2.05, 4.69) is 68.9 Å². The van der Waals surface area contributed by atoms with Crippen LogP contribution in [0.3, 0.4) is 0 Å². The Kier molecular flexibility index (Phi) is 10.7. The van der Waals surface area contributed by atoms with Gasteiger partial charge in [-0.3, -0.25) is 9.36 Å². The molecule has 1 aliphatic carbocycles. The molecule has 0 atom stereocenters. The Morgan fingerprint density at radius 1 is 1.15 bits per heavy atom. The summed E-state index contributed by atoms with van der Waals surface area (Å²) in [7, 11) is 0. The van der Waals surface area contributed by atoms with Crippen LogP contribution in [-0.4, -0.2) is 39.0 Å². The summed E-state index contributed by atoms with van der Waals surface area (Å²) in [6.45, 7) is 8.67. The highest BCUT2D eigenvalue weighted by Crippen LogP contribution is 2.35. The molecule has 0 unspecified atom stereocenters. The van der Waals surface area contributed by atoms with Gasteiger partial charge in [0.25, 0.3) is 0 Å². The van der Waals surface area contributed by atoms with Gasteiger partial charge >= 0.3 is 5.97 Å². The molecule has 1 saturated carbocycles. The first-order valence-electron chi connectivity index (χ1n) is 13.8. The molecule has 8 nitrogen and oxygen atoms in total. The van der Waals surface area contributed by atoms with E-state index >= 15 is 0 Å². The van der Waals surface area contributed by atoms with E-state index in [4.69, 9.17) is 9.47 Å². The standard InChI is InChI=1S/C30H37BrN4O4S/c1-5-38-29(37)22-13-9-10-14-25(22)32-28(36)18-40-30-34-33-27(35(30)21-11-7-6-8-12-21)17-39-26-15-20(4)24(31)16-23(26)19(2)3/h9-10,13-16,19,21H,5-8,11-12,17-18H2,1-4H3,(H,32,36). The Hall–Kier alpha value is -2.85. The first kappa shape index (κ1) is 30.1. The van der Waals surface area contributed by atoms with E-state index in [9.17, 15) is 9.59 Å². The van der Waals surface area contributed by atoms with E-state index < -0.39 is 5.97 Å². The van der Waals surface area contributed by atoms with Gasteiger partial charge in [-0.05, 0) is 68.0 Å². The zero-order valence-electron chi connectivity index (χ0n) is 23.5. The fourth-order valence-electron chi connectivity index (χ4n) is 4.89. The maximum atomic E-state index is 12.9. The van der Waals surface area contributed by atoms with Crippen LogP contribution in [0.4, 0.5) is 5.69 Å². The summed E-state index contributed by atoms with van der Waals surface area (Å²) in [5, 5.41) is 12.5. The predicted octanol–water partition coefficient (Wildman–Crippen LogP) is 7.46. The van der Waals surface area contributed by atoms with E-state index in [1.165, 1.54) is 18.2 Å². The number of halogens is 1. The molecule has 0 aliphatic heterocycles. The number of nitrogens with one attached hydrogen (secondary N) is 1. The van der Waals surface area contributed by atoms with Gasteiger partial charge in [0.2, 0.25) is 5.91 Å². The number of hydrogen-bond acceptors (Lipinski definition) is 7. The molecule has 10 heteroatoms. The van der Waals surface area contributed by atoms with Crippen molar-refractivity contribution < 1.29 is 19.1 Å². The molecular weight excluding hydrogens is 592 g/mol. The highest BCUT2D eigenvalue weighted by molar-refractivity contribution is 9.10. The number of aromatic nitrogens is 3. The molecule has 1 fully saturated rings. The smallest absolute Gasteiger partial charge is 0.340 e. The fraction of sp³-hybridized carbons (Fsp3) is 0.467. The van der Waals surface area contributed by atoms with Gasteiger partial charge in [-0.1, -0.05) is 72.9 Å². The third kappa shape index (κ3) is 7.46. The molecule has 214 valence electrons. The summed E-state index contributed by atoms with van der Waals surface area (Å²) >= 11 is 4.99. The lowest BCUT2D eigenvalue weighted by atomic mass is 9.95. The van der Waals surface area contributed by atoms with Crippen LogP contribution in [0.2, 0.25) is 0 Å². The molecular formula is C30H37BrN4O4S. The van der Waals surface area contributed by atoms with Gasteiger partial charge in [0, 0.05) is 10.5 Å². The van der Waals surface area contributed by atoms with Gasteiger partial charge in [-0.25, -0.2) is 4.79 Å². The van der Waals surface area contributed by atoms with Crippen LogP contribution < -0.4 is 10.1 Å². The Balaban J connectivity index is 1.50. The molecule has 0 bridgehead atoms. The number of thioether (sulfide) groups is 1. The third-order valence-electron chi connectivity index (χ3n) is 6.97. The number of amides is 1. The lowest BCUT2D eigenvalue weighted by Crippen LogP contribution is -2.20.